The van der Waals surface area contributed by atoms with Crippen LogP contribution in [0.1, 0.15) is 38.5 Å². The Balaban J connectivity index is 1.37. The molecule has 0 radical (unpaired) electrons. The minimum Gasteiger partial charge on any atom is -0.394 e. The van der Waals surface area contributed by atoms with Gasteiger partial charge in [0.1, 0.15) is 0 Å². The summed E-state index contributed by atoms with van der Waals surface area (Å²) in [5.41, 5.74) is -0.0263. The van der Waals surface area contributed by atoms with Crippen LogP contribution in [-0.2, 0) is 4.79 Å². The molecule has 1 saturated heterocycles. The number of carbonyl (C=O) groups excluding carboxylic acids is 1. The smallest absolute Gasteiger partial charge is 0.228 e. The summed E-state index contributed by atoms with van der Waals surface area (Å²) < 4.78 is 0. The molecule has 0 unspecified atom stereocenters. The summed E-state index contributed by atoms with van der Waals surface area (Å²) >= 11 is 0. The molecule has 0 aromatic heterocycles. The number of carbonyl (C=O) groups is 1. The van der Waals surface area contributed by atoms with Gasteiger partial charge >= 0.3 is 0 Å². The number of hydrogen-bond acceptors (Lipinski definition) is 4. The molecule has 4 bridgehead atoms. The van der Waals surface area contributed by atoms with Crippen LogP contribution in [-0.4, -0.2) is 71.4 Å². The van der Waals surface area contributed by atoms with E-state index in [2.05, 4.69) is 9.80 Å². The van der Waals surface area contributed by atoms with E-state index < -0.39 is 6.10 Å². The first-order valence-electron chi connectivity index (χ1n) is 9.38. The van der Waals surface area contributed by atoms with Crippen molar-refractivity contribution in [2.45, 2.75) is 44.6 Å². The first-order valence-corrected chi connectivity index (χ1v) is 9.38. The summed E-state index contributed by atoms with van der Waals surface area (Å²) in [6.07, 6.45) is 6.88. The lowest BCUT2D eigenvalue weighted by Gasteiger charge is -2.57. The van der Waals surface area contributed by atoms with Crippen LogP contribution in [0, 0.1) is 23.2 Å². The first kappa shape index (κ1) is 15.9. The van der Waals surface area contributed by atoms with E-state index in [0.29, 0.717) is 12.5 Å². The third-order valence-electron chi connectivity index (χ3n) is 6.83. The Morgan fingerprint density at radius 1 is 1.00 bits per heavy atom. The van der Waals surface area contributed by atoms with Crippen LogP contribution in [0.4, 0.5) is 0 Å². The molecule has 1 atom stereocenters. The molecule has 5 nitrogen and oxygen atoms in total. The summed E-state index contributed by atoms with van der Waals surface area (Å²) in [6.45, 7) is 3.50. The molecule has 0 spiro atoms. The van der Waals surface area contributed by atoms with Gasteiger partial charge in [-0.1, -0.05) is 0 Å². The number of piperazine rings is 1. The van der Waals surface area contributed by atoms with Crippen molar-refractivity contribution in [1.29, 1.82) is 0 Å². The topological polar surface area (TPSA) is 64.0 Å². The summed E-state index contributed by atoms with van der Waals surface area (Å²) in [6, 6.07) is 0. The molecule has 4 saturated carbocycles. The van der Waals surface area contributed by atoms with Crippen LogP contribution < -0.4 is 0 Å². The fourth-order valence-corrected chi connectivity index (χ4v) is 6.20. The summed E-state index contributed by atoms with van der Waals surface area (Å²) in [4.78, 5) is 17.5. The molecule has 1 amide bonds. The molecule has 23 heavy (non-hydrogen) atoms. The Hall–Kier alpha value is -0.650. The van der Waals surface area contributed by atoms with Gasteiger partial charge in [0.25, 0.3) is 0 Å². The van der Waals surface area contributed by atoms with E-state index in [-0.39, 0.29) is 12.0 Å². The molecule has 5 aliphatic rings. The molecule has 5 heteroatoms. The number of β-amino-alcohol motifs (C(OH)–C–C–N with tert-alkyl or cyclic N) is 1. The second-order valence-electron chi connectivity index (χ2n) is 8.63. The quantitative estimate of drug-likeness (QED) is 0.800. The number of aliphatic hydroxyl groups excluding tert-OH is 2. The predicted octanol–water partition coefficient (Wildman–Crippen LogP) is 0.700. The van der Waals surface area contributed by atoms with E-state index in [1.807, 2.05) is 0 Å². The third-order valence-corrected chi connectivity index (χ3v) is 6.83. The van der Waals surface area contributed by atoms with Crippen LogP contribution >= 0.6 is 0 Å². The van der Waals surface area contributed by atoms with Gasteiger partial charge in [0.05, 0.1) is 18.1 Å². The van der Waals surface area contributed by atoms with E-state index in [4.69, 9.17) is 5.11 Å². The van der Waals surface area contributed by atoms with Crippen LogP contribution in [0.3, 0.4) is 0 Å². The summed E-state index contributed by atoms with van der Waals surface area (Å²) in [7, 11) is 0. The van der Waals surface area contributed by atoms with Crippen molar-refractivity contribution in [3.8, 4) is 0 Å². The van der Waals surface area contributed by atoms with E-state index in [0.717, 1.165) is 63.2 Å². The van der Waals surface area contributed by atoms with Crippen LogP contribution in [0.15, 0.2) is 0 Å². The lowest BCUT2D eigenvalue weighted by Crippen LogP contribution is -2.58. The molecule has 5 fully saturated rings. The molecule has 4 aliphatic carbocycles. The predicted molar refractivity (Wildman–Crippen MR) is 86.7 cm³/mol. The fourth-order valence-electron chi connectivity index (χ4n) is 6.20. The monoisotopic (exact) mass is 322 g/mol. The number of nitrogens with zero attached hydrogens (tertiary/aromatic N) is 2. The zero-order valence-electron chi connectivity index (χ0n) is 14.0. The van der Waals surface area contributed by atoms with Crippen LogP contribution in [0.2, 0.25) is 0 Å². The van der Waals surface area contributed by atoms with Crippen molar-refractivity contribution in [1.82, 2.24) is 9.80 Å². The summed E-state index contributed by atoms with van der Waals surface area (Å²) in [5, 5.41) is 18.5. The first-order chi connectivity index (χ1) is 11.1. The molecule has 1 aliphatic heterocycles. The van der Waals surface area contributed by atoms with E-state index >= 15 is 0 Å². The Labute approximate surface area is 138 Å². The second-order valence-corrected chi connectivity index (χ2v) is 8.63. The van der Waals surface area contributed by atoms with Crippen LogP contribution in [0.25, 0.3) is 0 Å². The zero-order valence-corrected chi connectivity index (χ0v) is 14.0. The maximum absolute atomic E-state index is 13.3. The lowest BCUT2D eigenvalue weighted by molar-refractivity contribution is -0.159. The highest BCUT2D eigenvalue weighted by molar-refractivity contribution is 5.83. The van der Waals surface area contributed by atoms with Gasteiger partial charge in [-0.15, -0.1) is 0 Å². The minimum atomic E-state index is -0.666. The lowest BCUT2D eigenvalue weighted by atomic mass is 9.49. The highest BCUT2D eigenvalue weighted by Gasteiger charge is 2.55. The highest BCUT2D eigenvalue weighted by atomic mass is 16.3. The van der Waals surface area contributed by atoms with Crippen molar-refractivity contribution >= 4 is 5.91 Å². The Kier molecular flexibility index (Phi) is 4.14. The molecule has 0 aromatic carbocycles. The molecule has 130 valence electrons. The van der Waals surface area contributed by atoms with Gasteiger partial charge in [0.15, 0.2) is 0 Å². The average Bonchev–Trinajstić information content (AvgIpc) is 2.53. The van der Waals surface area contributed by atoms with Crippen molar-refractivity contribution in [3.63, 3.8) is 0 Å². The van der Waals surface area contributed by atoms with Gasteiger partial charge < -0.3 is 15.1 Å². The van der Waals surface area contributed by atoms with E-state index in [9.17, 15) is 9.90 Å². The van der Waals surface area contributed by atoms with Crippen molar-refractivity contribution in [3.05, 3.63) is 0 Å². The van der Waals surface area contributed by atoms with Crippen molar-refractivity contribution in [2.24, 2.45) is 23.2 Å². The van der Waals surface area contributed by atoms with Gasteiger partial charge in [-0.05, 0) is 56.3 Å². The fraction of sp³-hybridized carbons (Fsp3) is 0.944. The maximum atomic E-state index is 13.3. The molecule has 1 heterocycles. The molecule has 0 aromatic rings. The summed E-state index contributed by atoms with van der Waals surface area (Å²) in [5.74, 6) is 2.86. The van der Waals surface area contributed by atoms with Gasteiger partial charge in [-0.2, -0.15) is 0 Å². The second kappa shape index (κ2) is 6.01. The number of rotatable bonds is 4. The molecular weight excluding hydrogens is 292 g/mol. The van der Waals surface area contributed by atoms with Gasteiger partial charge in [-0.25, -0.2) is 0 Å². The number of aliphatic hydroxyl groups is 2. The Morgan fingerprint density at radius 3 is 2.00 bits per heavy atom. The van der Waals surface area contributed by atoms with Gasteiger partial charge in [-0.3, -0.25) is 9.69 Å². The molecule has 5 rings (SSSR count). The minimum absolute atomic E-state index is 0.0263. The Bertz CT molecular complexity index is 424. The highest BCUT2D eigenvalue weighted by Crippen LogP contribution is 2.60. The van der Waals surface area contributed by atoms with Crippen molar-refractivity contribution < 1.29 is 15.0 Å². The molecule has 2 N–H and O–H groups in total. The van der Waals surface area contributed by atoms with Gasteiger partial charge in [0, 0.05) is 32.7 Å². The maximum Gasteiger partial charge on any atom is 0.228 e. The van der Waals surface area contributed by atoms with Gasteiger partial charge in [0.2, 0.25) is 5.91 Å². The average molecular weight is 322 g/mol. The van der Waals surface area contributed by atoms with Crippen molar-refractivity contribution in [2.75, 3.05) is 39.3 Å². The molecular formula is C18H30N2O3. The largest absolute Gasteiger partial charge is 0.394 e. The number of amides is 1. The van der Waals surface area contributed by atoms with Crippen LogP contribution in [0.5, 0.6) is 0 Å². The zero-order chi connectivity index (χ0) is 16.0. The SMILES string of the molecule is O=C(N1CCN(C[C@H](O)CO)CC1)C12CC3CC(CC(C3)C1)C2. The van der Waals surface area contributed by atoms with E-state index in [1.165, 1.54) is 19.3 Å². The standard InChI is InChI=1S/C18H30N2O3/c21-12-16(22)11-19-1-3-20(4-2-19)17(23)18-8-13-5-14(9-18)7-15(6-13)10-18/h13-16,21-22H,1-12H2/t13?,14?,15?,16-,18?/m0/s1. The normalized spacial score (nSPS) is 41.3. The van der Waals surface area contributed by atoms with E-state index in [1.54, 1.807) is 0 Å². The number of hydrogen-bond donors (Lipinski definition) is 2. The Morgan fingerprint density at radius 2 is 1.52 bits per heavy atom. The third kappa shape index (κ3) is 2.92.